The van der Waals surface area contributed by atoms with E-state index in [0.717, 1.165) is 45.4 Å². The van der Waals surface area contributed by atoms with Gasteiger partial charge in [-0.2, -0.15) is 0 Å². The molecule has 6 rings (SSSR count). The van der Waals surface area contributed by atoms with E-state index in [1.807, 2.05) is 11.8 Å². The van der Waals surface area contributed by atoms with E-state index in [0.29, 0.717) is 42.0 Å². The number of likely N-dealkylation sites (tertiary alicyclic amines) is 2. The van der Waals surface area contributed by atoms with E-state index in [2.05, 4.69) is 9.80 Å². The van der Waals surface area contributed by atoms with Crippen molar-refractivity contribution in [3.63, 3.8) is 0 Å². The number of carbonyl (C=O) groups excluding carboxylic acids is 2. The van der Waals surface area contributed by atoms with Crippen molar-refractivity contribution < 1.29 is 14.3 Å². The maximum absolute atomic E-state index is 12.7. The van der Waals surface area contributed by atoms with Crippen LogP contribution < -0.4 is 0 Å². The largest absolute Gasteiger partial charge is 0.450 e. The molecule has 27 heavy (non-hydrogen) atoms. The van der Waals surface area contributed by atoms with Crippen molar-refractivity contribution >= 4 is 12.0 Å². The Morgan fingerprint density at radius 1 is 1.11 bits per heavy atom. The van der Waals surface area contributed by atoms with Gasteiger partial charge in [0.25, 0.3) is 0 Å². The van der Waals surface area contributed by atoms with Crippen molar-refractivity contribution in [1.29, 1.82) is 0 Å². The Kier molecular flexibility index (Phi) is 4.37. The Bertz CT molecular complexity index is 608. The molecular formula is C21H33N3O3. The summed E-state index contributed by atoms with van der Waals surface area (Å²) in [5.74, 6) is 1.52. The van der Waals surface area contributed by atoms with Gasteiger partial charge in [-0.15, -0.1) is 0 Å². The molecule has 0 radical (unpaired) electrons. The summed E-state index contributed by atoms with van der Waals surface area (Å²) in [6.07, 6.45) is 9.04. The van der Waals surface area contributed by atoms with E-state index in [-0.39, 0.29) is 6.09 Å². The van der Waals surface area contributed by atoms with Gasteiger partial charge < -0.3 is 14.5 Å². The third-order valence-electron chi connectivity index (χ3n) is 8.18. The maximum atomic E-state index is 12.7. The van der Waals surface area contributed by atoms with Gasteiger partial charge in [0.05, 0.1) is 6.61 Å². The van der Waals surface area contributed by atoms with Gasteiger partial charge in [0.1, 0.15) is 0 Å². The van der Waals surface area contributed by atoms with Crippen molar-refractivity contribution in [2.24, 2.45) is 11.8 Å². The molecule has 3 atom stereocenters. The summed E-state index contributed by atoms with van der Waals surface area (Å²) >= 11 is 0. The number of carbonyl (C=O) groups is 2. The lowest BCUT2D eigenvalue weighted by Gasteiger charge is -2.59. The number of nitrogens with zero attached hydrogens (tertiary/aromatic N) is 3. The van der Waals surface area contributed by atoms with Crippen LogP contribution in [-0.2, 0) is 9.53 Å². The minimum absolute atomic E-state index is 0.128. The molecule has 0 aromatic carbocycles. The van der Waals surface area contributed by atoms with E-state index >= 15 is 0 Å². The third-order valence-corrected chi connectivity index (χ3v) is 8.18. The van der Waals surface area contributed by atoms with Crippen LogP contribution in [0.1, 0.15) is 58.3 Å². The molecule has 4 aliphatic heterocycles. The Balaban J connectivity index is 1.10. The zero-order valence-corrected chi connectivity index (χ0v) is 16.6. The van der Waals surface area contributed by atoms with Crippen LogP contribution in [-0.4, -0.2) is 77.1 Å². The molecule has 4 saturated heterocycles. The first-order valence-corrected chi connectivity index (χ1v) is 11.1. The van der Waals surface area contributed by atoms with Gasteiger partial charge in [-0.3, -0.25) is 9.69 Å². The zero-order chi connectivity index (χ0) is 18.6. The van der Waals surface area contributed by atoms with Crippen molar-refractivity contribution in [3.8, 4) is 0 Å². The van der Waals surface area contributed by atoms with Gasteiger partial charge in [0, 0.05) is 50.2 Å². The van der Waals surface area contributed by atoms with Crippen LogP contribution in [0.3, 0.4) is 0 Å². The SMILES string of the molecule is CCOC(=O)N1CC2CCC1CC2N1CC(CC(=O)N2CCC23CCC3)C1. The summed E-state index contributed by atoms with van der Waals surface area (Å²) in [5.41, 5.74) is 0.291. The second-order valence-electron chi connectivity index (χ2n) is 9.54. The Labute approximate surface area is 162 Å². The molecule has 2 amide bonds. The minimum Gasteiger partial charge on any atom is -0.450 e. The second-order valence-corrected chi connectivity index (χ2v) is 9.54. The molecule has 0 aromatic heterocycles. The Morgan fingerprint density at radius 2 is 1.93 bits per heavy atom. The summed E-state index contributed by atoms with van der Waals surface area (Å²) in [4.78, 5) is 31.6. The monoisotopic (exact) mass is 375 g/mol. The quantitative estimate of drug-likeness (QED) is 0.757. The summed E-state index contributed by atoms with van der Waals surface area (Å²) in [5, 5.41) is 0. The number of piperidine rings is 2. The molecule has 2 saturated carbocycles. The predicted molar refractivity (Wildman–Crippen MR) is 101 cm³/mol. The summed E-state index contributed by atoms with van der Waals surface area (Å²) < 4.78 is 5.23. The fraction of sp³-hybridized carbons (Fsp3) is 0.905. The highest BCUT2D eigenvalue weighted by atomic mass is 16.6. The van der Waals surface area contributed by atoms with Gasteiger partial charge in [-0.1, -0.05) is 0 Å². The van der Waals surface area contributed by atoms with Crippen LogP contribution in [0.4, 0.5) is 4.79 Å². The van der Waals surface area contributed by atoms with Gasteiger partial charge in [-0.05, 0) is 63.7 Å². The molecule has 2 aliphatic carbocycles. The number of amides is 2. The highest BCUT2D eigenvalue weighted by Crippen LogP contribution is 2.48. The normalized spacial score (nSPS) is 34.8. The highest BCUT2D eigenvalue weighted by molar-refractivity contribution is 5.78. The molecule has 2 bridgehead atoms. The van der Waals surface area contributed by atoms with Crippen LogP contribution >= 0.6 is 0 Å². The number of fused-ring (bicyclic) bond motifs is 3. The number of hydrogen-bond donors (Lipinski definition) is 0. The number of rotatable bonds is 4. The molecule has 1 spiro atoms. The van der Waals surface area contributed by atoms with Crippen molar-refractivity contribution in [3.05, 3.63) is 0 Å². The van der Waals surface area contributed by atoms with Crippen LogP contribution in [0.2, 0.25) is 0 Å². The van der Waals surface area contributed by atoms with E-state index in [1.165, 1.54) is 32.1 Å². The molecule has 3 unspecified atom stereocenters. The summed E-state index contributed by atoms with van der Waals surface area (Å²) in [6.45, 7) is 6.31. The van der Waals surface area contributed by atoms with E-state index < -0.39 is 0 Å². The Hall–Kier alpha value is -1.30. The van der Waals surface area contributed by atoms with Crippen molar-refractivity contribution in [2.75, 3.05) is 32.8 Å². The lowest BCUT2D eigenvalue weighted by atomic mass is 9.67. The second kappa shape index (κ2) is 6.64. The molecule has 6 heteroatoms. The van der Waals surface area contributed by atoms with Gasteiger partial charge in [0.2, 0.25) is 5.91 Å². The first kappa shape index (κ1) is 17.8. The lowest BCUT2D eigenvalue weighted by molar-refractivity contribution is -0.159. The fourth-order valence-electron chi connectivity index (χ4n) is 6.36. The molecule has 6 aliphatic rings. The molecular weight excluding hydrogens is 342 g/mol. The van der Waals surface area contributed by atoms with Gasteiger partial charge >= 0.3 is 6.09 Å². The molecule has 6 fully saturated rings. The standard InChI is InChI=1S/C21H33N3O3/c1-2-27-20(26)23-14-16-4-5-17(23)11-18(16)22-12-15(13-22)10-19(25)24-9-8-21(24)6-3-7-21/h15-18H,2-14H2,1H3. The molecule has 4 heterocycles. The maximum Gasteiger partial charge on any atom is 0.410 e. The topological polar surface area (TPSA) is 53.1 Å². The number of hydrogen-bond acceptors (Lipinski definition) is 4. The minimum atomic E-state index is -0.128. The van der Waals surface area contributed by atoms with Crippen LogP contribution in [0.5, 0.6) is 0 Å². The van der Waals surface area contributed by atoms with E-state index in [4.69, 9.17) is 4.74 Å². The van der Waals surface area contributed by atoms with Crippen LogP contribution in [0.25, 0.3) is 0 Å². The van der Waals surface area contributed by atoms with E-state index in [1.54, 1.807) is 0 Å². The molecule has 150 valence electrons. The molecule has 6 nitrogen and oxygen atoms in total. The predicted octanol–water partition coefficient (Wildman–Crippen LogP) is 2.47. The van der Waals surface area contributed by atoms with E-state index in [9.17, 15) is 9.59 Å². The van der Waals surface area contributed by atoms with Gasteiger partial charge in [0.15, 0.2) is 0 Å². The molecule has 0 aromatic rings. The van der Waals surface area contributed by atoms with Crippen molar-refractivity contribution in [2.45, 2.75) is 75.9 Å². The third kappa shape index (κ3) is 2.86. The average molecular weight is 376 g/mol. The first-order chi connectivity index (χ1) is 13.1. The summed E-state index contributed by atoms with van der Waals surface area (Å²) in [7, 11) is 0. The summed E-state index contributed by atoms with van der Waals surface area (Å²) in [6, 6.07) is 0.946. The fourth-order valence-corrected chi connectivity index (χ4v) is 6.36. The van der Waals surface area contributed by atoms with Crippen LogP contribution in [0, 0.1) is 11.8 Å². The van der Waals surface area contributed by atoms with Crippen molar-refractivity contribution in [1.82, 2.24) is 14.7 Å². The Morgan fingerprint density at radius 3 is 2.48 bits per heavy atom. The highest BCUT2D eigenvalue weighted by Gasteiger charge is 2.52. The lowest BCUT2D eigenvalue weighted by Crippen LogP contribution is -2.67. The number of ether oxygens (including phenoxy) is 1. The first-order valence-electron chi connectivity index (χ1n) is 11.1. The van der Waals surface area contributed by atoms with Crippen LogP contribution in [0.15, 0.2) is 0 Å². The molecule has 0 N–H and O–H groups in total. The smallest absolute Gasteiger partial charge is 0.410 e. The zero-order valence-electron chi connectivity index (χ0n) is 16.6. The average Bonchev–Trinajstić information content (AvgIpc) is 2.56. The van der Waals surface area contributed by atoms with Gasteiger partial charge in [-0.25, -0.2) is 4.79 Å².